The van der Waals surface area contributed by atoms with E-state index in [1.165, 1.54) is 47.2 Å². The van der Waals surface area contributed by atoms with Gasteiger partial charge in [0.25, 0.3) is 0 Å². The first-order valence-corrected chi connectivity index (χ1v) is 10.6. The molecule has 0 amide bonds. The zero-order valence-corrected chi connectivity index (χ0v) is 16.8. The predicted octanol–water partition coefficient (Wildman–Crippen LogP) is 4.38. The third-order valence-electron chi connectivity index (χ3n) is 4.68. The van der Waals surface area contributed by atoms with Crippen LogP contribution in [0.5, 0.6) is 0 Å². The van der Waals surface area contributed by atoms with Gasteiger partial charge in [-0.1, -0.05) is 36.4 Å². The number of hydrogen-bond acceptors (Lipinski definition) is 4. The summed E-state index contributed by atoms with van der Waals surface area (Å²) in [5.41, 5.74) is 1.59. The van der Waals surface area contributed by atoms with E-state index in [-0.39, 0.29) is 21.3 Å². The van der Waals surface area contributed by atoms with Gasteiger partial charge in [-0.15, -0.1) is 0 Å². The molecule has 0 aliphatic carbocycles. The molecular formula is C23H17FN2O3S. The molecule has 0 spiro atoms. The molecule has 4 aromatic rings. The molecule has 0 fully saturated rings. The summed E-state index contributed by atoms with van der Waals surface area (Å²) < 4.78 is 41.3. The van der Waals surface area contributed by atoms with Gasteiger partial charge in [0.1, 0.15) is 11.5 Å². The SMILES string of the molecule is Cc1ccccc1-n1cc(C(=O)c2ccc(F)cc2)nc1S(=O)(=O)c1ccccc1. The number of ketones is 1. The minimum Gasteiger partial charge on any atom is -0.289 e. The van der Waals surface area contributed by atoms with E-state index >= 15 is 0 Å². The second kappa shape index (κ2) is 7.68. The van der Waals surface area contributed by atoms with E-state index in [1.54, 1.807) is 30.3 Å². The van der Waals surface area contributed by atoms with E-state index in [9.17, 15) is 17.6 Å². The normalized spacial score (nSPS) is 11.4. The zero-order valence-electron chi connectivity index (χ0n) is 16.0. The fourth-order valence-corrected chi connectivity index (χ4v) is 4.48. The molecule has 5 nitrogen and oxygen atoms in total. The average molecular weight is 420 g/mol. The lowest BCUT2D eigenvalue weighted by atomic mass is 10.1. The Kier molecular flexibility index (Phi) is 5.05. The van der Waals surface area contributed by atoms with Crippen molar-refractivity contribution < 1.29 is 17.6 Å². The van der Waals surface area contributed by atoms with E-state index in [4.69, 9.17) is 0 Å². The Hall–Kier alpha value is -3.58. The smallest absolute Gasteiger partial charge is 0.240 e. The van der Waals surface area contributed by atoms with Crippen LogP contribution in [0.3, 0.4) is 0 Å². The van der Waals surface area contributed by atoms with Gasteiger partial charge >= 0.3 is 0 Å². The molecule has 0 N–H and O–H groups in total. The van der Waals surface area contributed by atoms with Crippen LogP contribution < -0.4 is 0 Å². The van der Waals surface area contributed by atoms with Crippen molar-refractivity contribution in [1.82, 2.24) is 9.55 Å². The first-order chi connectivity index (χ1) is 14.4. The van der Waals surface area contributed by atoms with Crippen LogP contribution in [-0.4, -0.2) is 23.8 Å². The molecule has 0 saturated carbocycles. The van der Waals surface area contributed by atoms with Crippen molar-refractivity contribution in [3.8, 4) is 5.69 Å². The van der Waals surface area contributed by atoms with Crippen molar-refractivity contribution in [2.45, 2.75) is 17.0 Å². The number of imidazole rings is 1. The lowest BCUT2D eigenvalue weighted by Gasteiger charge is -2.10. The third-order valence-corrected chi connectivity index (χ3v) is 6.34. The summed E-state index contributed by atoms with van der Waals surface area (Å²) in [5.74, 6) is -0.962. The second-order valence-electron chi connectivity index (χ2n) is 6.72. The largest absolute Gasteiger partial charge is 0.289 e. The predicted molar refractivity (Wildman–Crippen MR) is 110 cm³/mol. The summed E-state index contributed by atoms with van der Waals surface area (Å²) >= 11 is 0. The molecule has 0 aliphatic heterocycles. The highest BCUT2D eigenvalue weighted by Crippen LogP contribution is 2.26. The Morgan fingerprint density at radius 2 is 1.53 bits per heavy atom. The van der Waals surface area contributed by atoms with Crippen LogP contribution in [0.25, 0.3) is 5.69 Å². The highest BCUT2D eigenvalue weighted by Gasteiger charge is 2.28. The number of halogens is 1. The average Bonchev–Trinajstić information content (AvgIpc) is 3.21. The van der Waals surface area contributed by atoms with Gasteiger partial charge in [0.05, 0.1) is 10.6 Å². The van der Waals surface area contributed by atoms with Gasteiger partial charge in [-0.25, -0.2) is 17.8 Å². The van der Waals surface area contributed by atoms with Crippen LogP contribution in [0.1, 0.15) is 21.6 Å². The number of aromatic nitrogens is 2. The standard InChI is InChI=1S/C23H17FN2O3S/c1-16-7-5-6-10-21(16)26-15-20(22(27)17-11-13-18(24)14-12-17)25-23(26)30(28,29)19-8-3-2-4-9-19/h2-15H,1H3. The Morgan fingerprint density at radius 1 is 0.900 bits per heavy atom. The molecule has 1 heterocycles. The van der Waals surface area contributed by atoms with Crippen molar-refractivity contribution in [2.75, 3.05) is 0 Å². The first kappa shape index (κ1) is 19.7. The van der Waals surface area contributed by atoms with Crippen LogP contribution in [-0.2, 0) is 9.84 Å². The van der Waals surface area contributed by atoms with Crippen LogP contribution in [0.2, 0.25) is 0 Å². The lowest BCUT2D eigenvalue weighted by Crippen LogP contribution is -2.10. The second-order valence-corrected chi connectivity index (χ2v) is 8.56. The number of hydrogen-bond donors (Lipinski definition) is 0. The van der Waals surface area contributed by atoms with Gasteiger partial charge < -0.3 is 0 Å². The molecule has 150 valence electrons. The topological polar surface area (TPSA) is 69.0 Å². The van der Waals surface area contributed by atoms with E-state index in [2.05, 4.69) is 4.98 Å². The third kappa shape index (κ3) is 3.55. The number of sulfone groups is 1. The minimum atomic E-state index is -4.00. The van der Waals surface area contributed by atoms with Crippen LogP contribution >= 0.6 is 0 Å². The van der Waals surface area contributed by atoms with Crippen molar-refractivity contribution in [3.05, 3.63) is 108 Å². The highest BCUT2D eigenvalue weighted by atomic mass is 32.2. The van der Waals surface area contributed by atoms with Crippen molar-refractivity contribution in [2.24, 2.45) is 0 Å². The maximum Gasteiger partial charge on any atom is 0.240 e. The Labute approximate surface area is 173 Å². The van der Waals surface area contributed by atoms with Gasteiger partial charge in [-0.2, -0.15) is 0 Å². The number of para-hydroxylation sites is 1. The summed E-state index contributed by atoms with van der Waals surface area (Å²) in [7, 11) is -4.00. The number of aryl methyl sites for hydroxylation is 1. The van der Waals surface area contributed by atoms with Gasteiger partial charge in [-0.05, 0) is 55.0 Å². The van der Waals surface area contributed by atoms with E-state index in [0.29, 0.717) is 5.69 Å². The number of rotatable bonds is 5. The number of benzene rings is 3. The van der Waals surface area contributed by atoms with Gasteiger partial charge in [-0.3, -0.25) is 9.36 Å². The van der Waals surface area contributed by atoms with Gasteiger partial charge in [0.2, 0.25) is 20.8 Å². The summed E-state index contributed by atoms with van der Waals surface area (Å²) in [6.45, 7) is 1.84. The summed E-state index contributed by atoms with van der Waals surface area (Å²) in [6.07, 6.45) is 1.41. The summed E-state index contributed by atoms with van der Waals surface area (Å²) in [6, 6.07) is 20.2. The van der Waals surface area contributed by atoms with Gasteiger partial charge in [0, 0.05) is 11.8 Å². The number of carbonyl (C=O) groups excluding carboxylic acids is 1. The van der Waals surface area contributed by atoms with E-state index in [0.717, 1.165) is 5.56 Å². The molecule has 7 heteroatoms. The fraction of sp³-hybridized carbons (Fsp3) is 0.0435. The molecule has 0 aliphatic rings. The molecule has 0 atom stereocenters. The van der Waals surface area contributed by atoms with Crippen LogP contribution in [0.15, 0.2) is 95.1 Å². The highest BCUT2D eigenvalue weighted by molar-refractivity contribution is 7.91. The first-order valence-electron chi connectivity index (χ1n) is 9.14. The molecule has 0 saturated heterocycles. The molecule has 3 aromatic carbocycles. The molecule has 30 heavy (non-hydrogen) atoms. The lowest BCUT2D eigenvalue weighted by molar-refractivity contribution is 0.103. The Bertz CT molecular complexity index is 1330. The maximum atomic E-state index is 13.3. The summed E-state index contributed by atoms with van der Waals surface area (Å²) in [5, 5.41) is -0.256. The van der Waals surface area contributed by atoms with Gasteiger partial charge in [0.15, 0.2) is 0 Å². The van der Waals surface area contributed by atoms with E-state index in [1.807, 2.05) is 19.1 Å². The molecule has 4 rings (SSSR count). The quantitative estimate of drug-likeness (QED) is 0.449. The molecule has 0 bridgehead atoms. The Morgan fingerprint density at radius 3 is 2.20 bits per heavy atom. The van der Waals surface area contributed by atoms with Crippen molar-refractivity contribution in [1.29, 1.82) is 0 Å². The van der Waals surface area contributed by atoms with Crippen molar-refractivity contribution in [3.63, 3.8) is 0 Å². The maximum absolute atomic E-state index is 13.3. The molecule has 0 unspecified atom stereocenters. The molecule has 0 radical (unpaired) electrons. The molecule has 1 aromatic heterocycles. The zero-order chi connectivity index (χ0) is 21.3. The number of nitrogens with zero attached hydrogens (tertiary/aromatic N) is 2. The van der Waals surface area contributed by atoms with Crippen molar-refractivity contribution >= 4 is 15.6 Å². The number of carbonyl (C=O) groups is 1. The van der Waals surface area contributed by atoms with Crippen LogP contribution in [0.4, 0.5) is 4.39 Å². The van der Waals surface area contributed by atoms with E-state index < -0.39 is 21.4 Å². The van der Waals surface area contributed by atoms with Crippen LogP contribution in [0, 0.1) is 12.7 Å². The minimum absolute atomic E-state index is 0.0423. The Balaban J connectivity index is 1.92. The molecular weight excluding hydrogens is 403 g/mol. The fourth-order valence-electron chi connectivity index (χ4n) is 3.12. The summed E-state index contributed by atoms with van der Waals surface area (Å²) in [4.78, 5) is 17.2. The monoisotopic (exact) mass is 420 g/mol.